The molecule has 2 rings (SSSR count). The fourth-order valence-corrected chi connectivity index (χ4v) is 2.00. The Kier molecular flexibility index (Phi) is 3.33. The summed E-state index contributed by atoms with van der Waals surface area (Å²) in [7, 11) is 3.50. The van der Waals surface area contributed by atoms with Gasteiger partial charge in [-0.1, -0.05) is 6.92 Å². The van der Waals surface area contributed by atoms with Gasteiger partial charge in [-0.25, -0.2) is 0 Å². The highest BCUT2D eigenvalue weighted by molar-refractivity contribution is 6.02. The van der Waals surface area contributed by atoms with Crippen LogP contribution >= 0.6 is 0 Å². The molecule has 0 fully saturated rings. The van der Waals surface area contributed by atoms with Crippen LogP contribution in [0, 0.1) is 0 Å². The van der Waals surface area contributed by atoms with Gasteiger partial charge in [-0.15, -0.1) is 0 Å². The number of nitrogens with zero attached hydrogens (tertiary/aromatic N) is 2. The Morgan fingerprint density at radius 1 is 1.53 bits per heavy atom. The monoisotopic (exact) mass is 238 g/mol. The first kappa shape index (κ1) is 11.9. The Balaban J connectivity index is 2.22. The predicted molar refractivity (Wildman–Crippen MR) is 65.1 cm³/mol. The third-order valence-electron chi connectivity index (χ3n) is 2.94. The molecule has 1 aromatic rings. The lowest BCUT2D eigenvalue weighted by Crippen LogP contribution is -2.40. The molecule has 0 aromatic carbocycles. The van der Waals surface area contributed by atoms with Crippen molar-refractivity contribution in [1.29, 1.82) is 0 Å². The number of aryl methyl sites for hydroxylation is 2. The number of ether oxygens (including phenoxy) is 1. The van der Waals surface area contributed by atoms with Gasteiger partial charge in [0.05, 0.1) is 5.69 Å². The van der Waals surface area contributed by atoms with Crippen LogP contribution in [0.1, 0.15) is 19.0 Å². The van der Waals surface area contributed by atoms with Gasteiger partial charge in [0.15, 0.2) is 0 Å². The van der Waals surface area contributed by atoms with Gasteiger partial charge < -0.3 is 15.4 Å². The fourth-order valence-electron chi connectivity index (χ4n) is 2.00. The van der Waals surface area contributed by atoms with Crippen LogP contribution in [0.4, 0.5) is 11.5 Å². The van der Waals surface area contributed by atoms with Crippen molar-refractivity contribution < 1.29 is 9.53 Å². The second-order valence-corrected chi connectivity index (χ2v) is 4.12. The van der Waals surface area contributed by atoms with Gasteiger partial charge in [-0.05, 0) is 12.8 Å². The highest BCUT2D eigenvalue weighted by atomic mass is 16.5. The number of rotatable bonds is 4. The summed E-state index contributed by atoms with van der Waals surface area (Å²) in [5.41, 5.74) is 1.72. The van der Waals surface area contributed by atoms with Crippen LogP contribution < -0.4 is 10.6 Å². The van der Waals surface area contributed by atoms with Crippen molar-refractivity contribution in [3.63, 3.8) is 0 Å². The van der Waals surface area contributed by atoms with E-state index in [1.807, 2.05) is 14.0 Å². The molecule has 1 unspecified atom stereocenters. The van der Waals surface area contributed by atoms with Crippen molar-refractivity contribution in [1.82, 2.24) is 9.78 Å². The number of hydrogen-bond acceptors (Lipinski definition) is 4. The molecule has 1 atom stereocenters. The third kappa shape index (κ3) is 2.12. The molecule has 0 saturated carbocycles. The molecule has 0 aliphatic carbocycles. The van der Waals surface area contributed by atoms with Crippen LogP contribution in [0.15, 0.2) is 0 Å². The molecule has 2 N–H and O–H groups in total. The summed E-state index contributed by atoms with van der Waals surface area (Å²) in [6, 6.07) is -0.248. The maximum absolute atomic E-state index is 11.9. The zero-order chi connectivity index (χ0) is 12.4. The van der Waals surface area contributed by atoms with Crippen LogP contribution in [0.25, 0.3) is 0 Å². The molecule has 1 aromatic heterocycles. The van der Waals surface area contributed by atoms with Gasteiger partial charge in [-0.3, -0.25) is 9.48 Å². The summed E-state index contributed by atoms with van der Waals surface area (Å²) in [6.45, 7) is 2.57. The maximum atomic E-state index is 11.9. The maximum Gasteiger partial charge on any atom is 0.247 e. The summed E-state index contributed by atoms with van der Waals surface area (Å²) < 4.78 is 6.77. The van der Waals surface area contributed by atoms with Gasteiger partial charge in [0.1, 0.15) is 17.5 Å². The summed E-state index contributed by atoms with van der Waals surface area (Å²) in [6.07, 6.45) is 1.45. The lowest BCUT2D eigenvalue weighted by atomic mass is 10.1. The molecule has 0 saturated heterocycles. The van der Waals surface area contributed by atoms with E-state index in [2.05, 4.69) is 15.7 Å². The standard InChI is InChI=1S/C11H18N4O2/c1-4-7-9-10(15(2)14-7)12-8(5-6-17-3)11(16)13-9/h8,12H,4-6H2,1-3H3,(H,13,16). The minimum atomic E-state index is -0.248. The molecule has 0 spiro atoms. The molecule has 2 heterocycles. The summed E-state index contributed by atoms with van der Waals surface area (Å²) in [5, 5.41) is 10.5. The highest BCUT2D eigenvalue weighted by Crippen LogP contribution is 2.30. The third-order valence-corrected chi connectivity index (χ3v) is 2.94. The highest BCUT2D eigenvalue weighted by Gasteiger charge is 2.29. The first-order valence-corrected chi connectivity index (χ1v) is 5.79. The average Bonchev–Trinajstić information content (AvgIpc) is 2.63. The van der Waals surface area contributed by atoms with E-state index < -0.39 is 0 Å². The number of methoxy groups -OCH3 is 1. The molecule has 17 heavy (non-hydrogen) atoms. The molecular weight excluding hydrogens is 220 g/mol. The Hall–Kier alpha value is -1.56. The second-order valence-electron chi connectivity index (χ2n) is 4.12. The van der Waals surface area contributed by atoms with E-state index in [0.29, 0.717) is 13.0 Å². The van der Waals surface area contributed by atoms with E-state index in [1.165, 1.54) is 0 Å². The number of fused-ring (bicyclic) bond motifs is 1. The minimum Gasteiger partial charge on any atom is -0.385 e. The lowest BCUT2D eigenvalue weighted by molar-refractivity contribution is -0.117. The van der Waals surface area contributed by atoms with Crippen LogP contribution in [0.2, 0.25) is 0 Å². The first-order valence-electron chi connectivity index (χ1n) is 5.79. The van der Waals surface area contributed by atoms with Gasteiger partial charge in [0.25, 0.3) is 0 Å². The van der Waals surface area contributed by atoms with Crippen molar-refractivity contribution in [2.24, 2.45) is 7.05 Å². The number of nitrogens with one attached hydrogen (secondary N) is 2. The van der Waals surface area contributed by atoms with Gasteiger partial charge >= 0.3 is 0 Å². The van der Waals surface area contributed by atoms with E-state index >= 15 is 0 Å². The average molecular weight is 238 g/mol. The smallest absolute Gasteiger partial charge is 0.247 e. The van der Waals surface area contributed by atoms with E-state index in [9.17, 15) is 4.79 Å². The van der Waals surface area contributed by atoms with Crippen LogP contribution in [-0.4, -0.2) is 35.4 Å². The SMILES string of the molecule is CCc1nn(C)c2c1NC(=O)C(CCOC)N2. The normalized spacial score (nSPS) is 18.5. The minimum absolute atomic E-state index is 0.0164. The molecule has 1 aliphatic rings. The lowest BCUT2D eigenvalue weighted by Gasteiger charge is -2.25. The van der Waals surface area contributed by atoms with Crippen molar-refractivity contribution in [3.8, 4) is 0 Å². The number of carbonyl (C=O) groups excluding carboxylic acids is 1. The summed E-state index contributed by atoms with van der Waals surface area (Å²) >= 11 is 0. The van der Waals surface area contributed by atoms with Crippen LogP contribution in [0.5, 0.6) is 0 Å². The number of hydrogen-bond donors (Lipinski definition) is 2. The van der Waals surface area contributed by atoms with Crippen molar-refractivity contribution >= 4 is 17.4 Å². The van der Waals surface area contributed by atoms with Gasteiger partial charge in [-0.2, -0.15) is 5.10 Å². The predicted octanol–water partition coefficient (Wildman–Crippen LogP) is 0.752. The number of amides is 1. The molecule has 1 aliphatic heterocycles. The van der Waals surface area contributed by atoms with Crippen LogP contribution in [-0.2, 0) is 23.0 Å². The van der Waals surface area contributed by atoms with Crippen LogP contribution in [0.3, 0.4) is 0 Å². The van der Waals surface area contributed by atoms with Gasteiger partial charge in [0, 0.05) is 20.8 Å². The zero-order valence-corrected chi connectivity index (χ0v) is 10.4. The quantitative estimate of drug-likeness (QED) is 0.812. The molecule has 94 valence electrons. The Morgan fingerprint density at radius 3 is 2.94 bits per heavy atom. The van der Waals surface area contributed by atoms with Crippen molar-refractivity contribution in [3.05, 3.63) is 5.69 Å². The van der Waals surface area contributed by atoms with Gasteiger partial charge in [0.2, 0.25) is 5.91 Å². The Bertz CT molecular complexity index is 427. The van der Waals surface area contributed by atoms with Crippen molar-refractivity contribution in [2.45, 2.75) is 25.8 Å². The largest absolute Gasteiger partial charge is 0.385 e. The number of anilines is 2. The van der Waals surface area contributed by atoms with E-state index in [-0.39, 0.29) is 11.9 Å². The van der Waals surface area contributed by atoms with E-state index in [4.69, 9.17) is 4.74 Å². The molecule has 6 nitrogen and oxygen atoms in total. The molecule has 0 bridgehead atoms. The number of aromatic nitrogens is 2. The Morgan fingerprint density at radius 2 is 2.29 bits per heavy atom. The molecule has 1 amide bonds. The summed E-state index contributed by atoms with van der Waals surface area (Å²) in [5.74, 6) is 0.861. The fraction of sp³-hybridized carbons (Fsp3) is 0.636. The molecule has 0 radical (unpaired) electrons. The molecule has 6 heteroatoms. The second kappa shape index (κ2) is 4.75. The molecular formula is C11H18N4O2. The topological polar surface area (TPSA) is 68.2 Å². The van der Waals surface area contributed by atoms with E-state index in [1.54, 1.807) is 11.8 Å². The van der Waals surface area contributed by atoms with Crippen molar-refractivity contribution in [2.75, 3.05) is 24.4 Å². The Labute approximate surface area is 100 Å². The first-order chi connectivity index (χ1) is 8.17. The summed E-state index contributed by atoms with van der Waals surface area (Å²) in [4.78, 5) is 11.9. The van der Waals surface area contributed by atoms with E-state index in [0.717, 1.165) is 23.6 Å². The zero-order valence-electron chi connectivity index (χ0n) is 10.4. The number of carbonyl (C=O) groups is 1.